The molecule has 0 atom stereocenters. The van der Waals surface area contributed by atoms with Crippen LogP contribution in [0, 0.1) is 0 Å². The van der Waals surface area contributed by atoms with Gasteiger partial charge in [0.2, 0.25) is 0 Å². The first-order chi connectivity index (χ1) is 12.0. The molecule has 0 radical (unpaired) electrons. The number of rotatable bonds is 4. The Morgan fingerprint density at radius 3 is 2.40 bits per heavy atom. The van der Waals surface area contributed by atoms with Gasteiger partial charge in [-0.15, -0.1) is 0 Å². The highest BCUT2D eigenvalue weighted by molar-refractivity contribution is 6.60. The van der Waals surface area contributed by atoms with Crippen molar-refractivity contribution in [1.82, 2.24) is 0 Å². The van der Waals surface area contributed by atoms with Gasteiger partial charge in [0, 0.05) is 25.3 Å². The molecule has 2 aromatic carbocycles. The molecule has 6 heteroatoms. The van der Waals surface area contributed by atoms with Crippen LogP contribution in [0.3, 0.4) is 0 Å². The average Bonchev–Trinajstić information content (AvgIpc) is 2.84. The molecule has 0 aliphatic carbocycles. The summed E-state index contributed by atoms with van der Waals surface area (Å²) in [6.07, 6.45) is 0. The van der Waals surface area contributed by atoms with E-state index in [0.717, 1.165) is 10.6 Å². The summed E-state index contributed by atoms with van der Waals surface area (Å²) in [6.45, 7) is 0. The summed E-state index contributed by atoms with van der Waals surface area (Å²) < 4.78 is 5.30. The van der Waals surface area contributed by atoms with Gasteiger partial charge in [0.1, 0.15) is 10.8 Å². The zero-order chi connectivity index (χ0) is 18.1. The number of imide groups is 1. The van der Waals surface area contributed by atoms with Gasteiger partial charge in [0.15, 0.2) is 0 Å². The Balaban J connectivity index is 2.07. The van der Waals surface area contributed by atoms with Gasteiger partial charge in [-0.3, -0.25) is 9.59 Å². The smallest absolute Gasteiger partial charge is 0.277 e. The molecule has 0 unspecified atom stereocenters. The predicted molar refractivity (Wildman–Crippen MR) is 99.0 cm³/mol. The molecule has 0 saturated carbocycles. The van der Waals surface area contributed by atoms with Crippen molar-refractivity contribution in [1.29, 1.82) is 0 Å². The van der Waals surface area contributed by atoms with Crippen LogP contribution in [0.5, 0.6) is 5.75 Å². The topological polar surface area (TPSA) is 49.9 Å². The van der Waals surface area contributed by atoms with E-state index < -0.39 is 11.8 Å². The van der Waals surface area contributed by atoms with E-state index in [1.165, 1.54) is 7.11 Å². The van der Waals surface area contributed by atoms with Crippen LogP contribution in [0.1, 0.15) is 5.56 Å². The van der Waals surface area contributed by atoms with Gasteiger partial charge in [-0.25, -0.2) is 4.90 Å². The Hall–Kier alpha value is -2.79. The average molecular weight is 357 g/mol. The molecule has 25 heavy (non-hydrogen) atoms. The quantitative estimate of drug-likeness (QED) is 0.789. The van der Waals surface area contributed by atoms with E-state index in [2.05, 4.69) is 0 Å². The van der Waals surface area contributed by atoms with Crippen molar-refractivity contribution in [3.8, 4) is 5.75 Å². The monoisotopic (exact) mass is 356 g/mol. The number of carbonyl (C=O) groups excluding carboxylic acids is 2. The molecule has 0 fully saturated rings. The van der Waals surface area contributed by atoms with Crippen LogP contribution in [0.25, 0.3) is 5.57 Å². The van der Waals surface area contributed by atoms with Crippen molar-refractivity contribution in [2.45, 2.75) is 0 Å². The minimum absolute atomic E-state index is 0.107. The molecule has 3 rings (SSSR count). The number of anilines is 2. The minimum Gasteiger partial charge on any atom is -0.496 e. The van der Waals surface area contributed by atoms with Gasteiger partial charge in [-0.1, -0.05) is 35.9 Å². The number of methoxy groups -OCH3 is 1. The Morgan fingerprint density at radius 1 is 1.00 bits per heavy atom. The van der Waals surface area contributed by atoms with Crippen LogP contribution >= 0.6 is 11.6 Å². The summed E-state index contributed by atoms with van der Waals surface area (Å²) in [5.74, 6) is -0.514. The highest BCUT2D eigenvalue weighted by Gasteiger charge is 2.40. The molecule has 0 bridgehead atoms. The Bertz CT molecular complexity index is 890. The van der Waals surface area contributed by atoms with Crippen LogP contribution in [-0.2, 0) is 9.59 Å². The zero-order valence-corrected chi connectivity index (χ0v) is 14.9. The lowest BCUT2D eigenvalue weighted by molar-refractivity contribution is -0.119. The summed E-state index contributed by atoms with van der Waals surface area (Å²) >= 11 is 6.24. The van der Waals surface area contributed by atoms with Gasteiger partial charge >= 0.3 is 0 Å². The first-order valence-corrected chi connectivity index (χ1v) is 8.03. The lowest BCUT2D eigenvalue weighted by atomic mass is 10.0. The number of halogens is 1. The van der Waals surface area contributed by atoms with Gasteiger partial charge in [-0.05, 0) is 24.3 Å². The molecule has 1 heterocycles. The zero-order valence-electron chi connectivity index (χ0n) is 14.1. The lowest BCUT2D eigenvalue weighted by Crippen LogP contribution is -2.31. The molecule has 0 aromatic heterocycles. The van der Waals surface area contributed by atoms with Gasteiger partial charge in [0.25, 0.3) is 11.8 Å². The van der Waals surface area contributed by atoms with E-state index in [9.17, 15) is 9.59 Å². The largest absolute Gasteiger partial charge is 0.496 e. The number of benzene rings is 2. The number of amides is 2. The van der Waals surface area contributed by atoms with E-state index in [4.69, 9.17) is 16.3 Å². The van der Waals surface area contributed by atoms with Crippen LogP contribution < -0.4 is 14.5 Å². The number of hydrogen-bond acceptors (Lipinski definition) is 4. The molecule has 2 amide bonds. The molecule has 2 aromatic rings. The van der Waals surface area contributed by atoms with E-state index >= 15 is 0 Å². The normalized spacial score (nSPS) is 14.3. The van der Waals surface area contributed by atoms with E-state index in [1.807, 2.05) is 25.1 Å². The standard InChI is InChI=1S/C19H17ClN2O3/c1-21(2)12-7-6-8-13(11-12)22-18(23)16(17(20)19(22)24)14-9-4-5-10-15(14)25-3/h4-11H,1-3H3. The molecule has 128 valence electrons. The second-order valence-electron chi connectivity index (χ2n) is 5.75. The molecule has 1 aliphatic heterocycles. The van der Waals surface area contributed by atoms with Crippen molar-refractivity contribution in [2.75, 3.05) is 31.0 Å². The molecule has 5 nitrogen and oxygen atoms in total. The van der Waals surface area contributed by atoms with Crippen molar-refractivity contribution in [3.63, 3.8) is 0 Å². The summed E-state index contributed by atoms with van der Waals surface area (Å²) in [7, 11) is 5.28. The van der Waals surface area contributed by atoms with Crippen LogP contribution in [-0.4, -0.2) is 33.0 Å². The molecule has 0 saturated heterocycles. The fourth-order valence-electron chi connectivity index (χ4n) is 2.73. The Morgan fingerprint density at radius 2 is 1.72 bits per heavy atom. The lowest BCUT2D eigenvalue weighted by Gasteiger charge is -2.19. The number of para-hydroxylation sites is 1. The van der Waals surface area contributed by atoms with Crippen molar-refractivity contribution in [3.05, 3.63) is 59.1 Å². The second kappa shape index (κ2) is 6.61. The highest BCUT2D eigenvalue weighted by atomic mass is 35.5. The Labute approximate surface area is 151 Å². The van der Waals surface area contributed by atoms with Gasteiger partial charge in [0.05, 0.1) is 18.4 Å². The van der Waals surface area contributed by atoms with Crippen LogP contribution in [0.4, 0.5) is 11.4 Å². The van der Waals surface area contributed by atoms with Crippen molar-refractivity contribution < 1.29 is 14.3 Å². The first-order valence-electron chi connectivity index (χ1n) is 7.65. The van der Waals surface area contributed by atoms with Gasteiger partial charge in [-0.2, -0.15) is 0 Å². The fourth-order valence-corrected chi connectivity index (χ4v) is 3.00. The first kappa shape index (κ1) is 17.0. The summed E-state index contributed by atoms with van der Waals surface area (Å²) in [5, 5.41) is -0.107. The maximum absolute atomic E-state index is 13.0. The summed E-state index contributed by atoms with van der Waals surface area (Å²) in [5.41, 5.74) is 2.00. The molecular weight excluding hydrogens is 340 g/mol. The molecule has 1 aliphatic rings. The predicted octanol–water partition coefficient (Wildman–Crippen LogP) is 3.28. The third kappa shape index (κ3) is 2.87. The van der Waals surface area contributed by atoms with E-state index in [0.29, 0.717) is 17.0 Å². The number of hydrogen-bond donors (Lipinski definition) is 0. The molecule has 0 spiro atoms. The van der Waals surface area contributed by atoms with Crippen LogP contribution in [0.2, 0.25) is 0 Å². The maximum Gasteiger partial charge on any atom is 0.277 e. The summed E-state index contributed by atoms with van der Waals surface area (Å²) in [6, 6.07) is 14.1. The van der Waals surface area contributed by atoms with Crippen molar-refractivity contribution >= 4 is 40.4 Å². The van der Waals surface area contributed by atoms with Crippen molar-refractivity contribution in [2.24, 2.45) is 0 Å². The second-order valence-corrected chi connectivity index (χ2v) is 6.13. The van der Waals surface area contributed by atoms with Gasteiger partial charge < -0.3 is 9.64 Å². The van der Waals surface area contributed by atoms with Crippen LogP contribution in [0.15, 0.2) is 53.6 Å². The van der Waals surface area contributed by atoms with E-state index in [-0.39, 0.29) is 10.6 Å². The third-order valence-corrected chi connectivity index (χ3v) is 4.36. The third-order valence-electron chi connectivity index (χ3n) is 4.01. The fraction of sp³-hybridized carbons (Fsp3) is 0.158. The maximum atomic E-state index is 13.0. The SMILES string of the molecule is COc1ccccc1C1=C(Cl)C(=O)N(c2cccc(N(C)C)c2)C1=O. The number of carbonyl (C=O) groups is 2. The Kier molecular flexibility index (Phi) is 4.51. The highest BCUT2D eigenvalue weighted by Crippen LogP contribution is 2.38. The molecule has 0 N–H and O–H groups in total. The number of nitrogens with zero attached hydrogens (tertiary/aromatic N) is 2. The number of ether oxygens (including phenoxy) is 1. The summed E-state index contributed by atoms with van der Waals surface area (Å²) in [4.78, 5) is 28.6. The molecular formula is C19H17ClN2O3. The minimum atomic E-state index is -0.538. The van der Waals surface area contributed by atoms with E-state index in [1.54, 1.807) is 42.5 Å².